The van der Waals surface area contributed by atoms with Crippen LogP contribution in [0.1, 0.15) is 36.5 Å². The minimum absolute atomic E-state index is 0.680. The first-order valence-electron chi connectivity index (χ1n) is 7.06. The zero-order chi connectivity index (χ0) is 14.6. The Balaban J connectivity index is 2.07. The summed E-state index contributed by atoms with van der Waals surface area (Å²) in [5.74, 6) is 0.830. The SMILES string of the molecule is CCN(CCCCCOc1ccc(C=O)cc1)SNC. The summed E-state index contributed by atoms with van der Waals surface area (Å²) in [5.41, 5.74) is 0.680. The minimum atomic E-state index is 0.680. The molecule has 1 aromatic carbocycles. The highest BCUT2D eigenvalue weighted by molar-refractivity contribution is 7.95. The van der Waals surface area contributed by atoms with Gasteiger partial charge in [0.2, 0.25) is 0 Å². The lowest BCUT2D eigenvalue weighted by Crippen LogP contribution is -2.20. The molecule has 0 atom stereocenters. The second-order valence-electron chi connectivity index (χ2n) is 4.41. The maximum atomic E-state index is 10.5. The highest BCUT2D eigenvalue weighted by Gasteiger charge is 2.01. The van der Waals surface area contributed by atoms with E-state index in [0.29, 0.717) is 5.56 Å². The zero-order valence-electron chi connectivity index (χ0n) is 12.3. The molecule has 0 saturated carbocycles. The molecule has 0 fully saturated rings. The quantitative estimate of drug-likeness (QED) is 0.386. The smallest absolute Gasteiger partial charge is 0.150 e. The van der Waals surface area contributed by atoms with Gasteiger partial charge in [0.1, 0.15) is 12.0 Å². The highest BCUT2D eigenvalue weighted by atomic mass is 32.2. The first-order chi connectivity index (χ1) is 9.80. The number of carbonyl (C=O) groups excluding carboxylic acids is 1. The number of nitrogens with one attached hydrogen (secondary N) is 1. The molecule has 0 spiro atoms. The van der Waals surface area contributed by atoms with Gasteiger partial charge >= 0.3 is 0 Å². The molecule has 5 heteroatoms. The van der Waals surface area contributed by atoms with Crippen molar-refractivity contribution in [3.05, 3.63) is 29.8 Å². The van der Waals surface area contributed by atoms with Crippen LogP contribution in [0.4, 0.5) is 0 Å². The summed E-state index contributed by atoms with van der Waals surface area (Å²) in [5, 5.41) is 0. The van der Waals surface area contributed by atoms with Crippen LogP contribution in [-0.4, -0.2) is 37.3 Å². The number of hydrogen-bond acceptors (Lipinski definition) is 5. The van der Waals surface area contributed by atoms with E-state index in [1.807, 2.05) is 19.2 Å². The van der Waals surface area contributed by atoms with Gasteiger partial charge in [-0.05, 0) is 50.6 Å². The molecule has 1 rings (SSSR count). The molecule has 0 bridgehead atoms. The summed E-state index contributed by atoms with van der Waals surface area (Å²) in [6.07, 6.45) is 4.23. The number of rotatable bonds is 11. The minimum Gasteiger partial charge on any atom is -0.494 e. The normalized spacial score (nSPS) is 10.8. The van der Waals surface area contributed by atoms with Crippen LogP contribution >= 0.6 is 12.1 Å². The van der Waals surface area contributed by atoms with E-state index >= 15 is 0 Å². The van der Waals surface area contributed by atoms with Crippen LogP contribution in [0, 0.1) is 0 Å². The molecule has 1 aromatic rings. The van der Waals surface area contributed by atoms with E-state index in [1.54, 1.807) is 24.3 Å². The molecule has 0 heterocycles. The summed E-state index contributed by atoms with van der Waals surface area (Å²) in [6.45, 7) is 5.03. The van der Waals surface area contributed by atoms with Gasteiger partial charge in [-0.2, -0.15) is 0 Å². The van der Waals surface area contributed by atoms with Gasteiger partial charge in [-0.1, -0.05) is 6.92 Å². The molecule has 0 aliphatic rings. The number of benzene rings is 1. The van der Waals surface area contributed by atoms with Crippen molar-refractivity contribution < 1.29 is 9.53 Å². The van der Waals surface area contributed by atoms with Gasteiger partial charge in [0.15, 0.2) is 0 Å². The van der Waals surface area contributed by atoms with E-state index in [1.165, 1.54) is 6.42 Å². The molecule has 0 aliphatic heterocycles. The van der Waals surface area contributed by atoms with Gasteiger partial charge in [0.05, 0.1) is 6.61 Å². The van der Waals surface area contributed by atoms with Crippen molar-refractivity contribution in [3.63, 3.8) is 0 Å². The maximum absolute atomic E-state index is 10.5. The fourth-order valence-corrected chi connectivity index (χ4v) is 2.40. The van der Waals surface area contributed by atoms with Crippen LogP contribution in [-0.2, 0) is 0 Å². The van der Waals surface area contributed by atoms with Crippen LogP contribution in [0.2, 0.25) is 0 Å². The van der Waals surface area contributed by atoms with Gasteiger partial charge < -0.3 is 4.74 Å². The Morgan fingerprint density at radius 2 is 2.00 bits per heavy atom. The first-order valence-corrected chi connectivity index (χ1v) is 7.84. The molecule has 4 nitrogen and oxygen atoms in total. The molecule has 0 radical (unpaired) electrons. The topological polar surface area (TPSA) is 41.6 Å². The largest absolute Gasteiger partial charge is 0.494 e. The Morgan fingerprint density at radius 1 is 1.25 bits per heavy atom. The van der Waals surface area contributed by atoms with Crippen molar-refractivity contribution in [3.8, 4) is 5.75 Å². The zero-order valence-corrected chi connectivity index (χ0v) is 13.1. The summed E-state index contributed by atoms with van der Waals surface area (Å²) in [7, 11) is 1.94. The van der Waals surface area contributed by atoms with Gasteiger partial charge in [0.25, 0.3) is 0 Å². The summed E-state index contributed by atoms with van der Waals surface area (Å²) < 4.78 is 11.0. The summed E-state index contributed by atoms with van der Waals surface area (Å²) >= 11 is 1.66. The van der Waals surface area contributed by atoms with E-state index in [2.05, 4.69) is 16.0 Å². The van der Waals surface area contributed by atoms with Crippen molar-refractivity contribution in [2.24, 2.45) is 0 Å². The van der Waals surface area contributed by atoms with E-state index < -0.39 is 0 Å². The van der Waals surface area contributed by atoms with Crippen LogP contribution in [0.25, 0.3) is 0 Å². The molecule has 0 aliphatic carbocycles. The molecule has 20 heavy (non-hydrogen) atoms. The average molecular weight is 296 g/mol. The predicted molar refractivity (Wildman–Crippen MR) is 85.1 cm³/mol. The van der Waals surface area contributed by atoms with Crippen molar-refractivity contribution in [2.75, 3.05) is 26.7 Å². The average Bonchev–Trinajstić information content (AvgIpc) is 2.50. The second kappa shape index (κ2) is 10.7. The lowest BCUT2D eigenvalue weighted by molar-refractivity contribution is 0.112. The van der Waals surface area contributed by atoms with Crippen LogP contribution < -0.4 is 9.46 Å². The van der Waals surface area contributed by atoms with Gasteiger partial charge in [-0.3, -0.25) is 9.52 Å². The molecule has 0 aromatic heterocycles. The van der Waals surface area contributed by atoms with E-state index in [-0.39, 0.29) is 0 Å². The van der Waals surface area contributed by atoms with Gasteiger partial charge in [0, 0.05) is 30.8 Å². The Labute approximate surface area is 126 Å². The standard InChI is InChI=1S/C15H24N2O2S/c1-3-17(20-16-2)11-5-4-6-12-19-15-9-7-14(13-18)8-10-15/h7-10,13,16H,3-6,11-12H2,1-2H3. The maximum Gasteiger partial charge on any atom is 0.150 e. The second-order valence-corrected chi connectivity index (χ2v) is 5.52. The molecule has 0 saturated heterocycles. The molecular weight excluding hydrogens is 272 g/mol. The monoisotopic (exact) mass is 296 g/mol. The van der Waals surface area contributed by atoms with Crippen molar-refractivity contribution >= 4 is 18.4 Å². The third-order valence-electron chi connectivity index (χ3n) is 2.91. The van der Waals surface area contributed by atoms with Crippen molar-refractivity contribution in [1.29, 1.82) is 0 Å². The molecule has 0 unspecified atom stereocenters. The third-order valence-corrected chi connectivity index (χ3v) is 3.79. The molecular formula is C15H24N2O2S. The summed E-state index contributed by atoms with van der Waals surface area (Å²) in [4.78, 5) is 10.5. The lowest BCUT2D eigenvalue weighted by Gasteiger charge is -2.17. The Kier molecular flexibility index (Phi) is 9.11. The fraction of sp³-hybridized carbons (Fsp3) is 0.533. The lowest BCUT2D eigenvalue weighted by atomic mass is 10.2. The summed E-state index contributed by atoms with van der Waals surface area (Å²) in [6, 6.07) is 7.23. The Bertz CT molecular complexity index is 371. The predicted octanol–water partition coefficient (Wildman–Crippen LogP) is 3.15. The van der Waals surface area contributed by atoms with Crippen LogP contribution in [0.3, 0.4) is 0 Å². The van der Waals surface area contributed by atoms with E-state index in [0.717, 1.165) is 44.6 Å². The molecule has 1 N–H and O–H groups in total. The Morgan fingerprint density at radius 3 is 2.60 bits per heavy atom. The van der Waals surface area contributed by atoms with E-state index in [4.69, 9.17) is 4.74 Å². The van der Waals surface area contributed by atoms with Crippen LogP contribution in [0.5, 0.6) is 5.75 Å². The number of ether oxygens (including phenoxy) is 1. The number of nitrogens with zero attached hydrogens (tertiary/aromatic N) is 1. The third kappa shape index (κ3) is 6.93. The number of unbranched alkanes of at least 4 members (excludes halogenated alkanes) is 2. The number of aldehydes is 1. The molecule has 0 amide bonds. The van der Waals surface area contributed by atoms with Crippen molar-refractivity contribution in [1.82, 2.24) is 9.03 Å². The Hall–Kier alpha value is -1.04. The first kappa shape index (κ1) is 17.0. The van der Waals surface area contributed by atoms with Crippen molar-refractivity contribution in [2.45, 2.75) is 26.2 Å². The number of hydrogen-bond donors (Lipinski definition) is 1. The molecule has 112 valence electrons. The van der Waals surface area contributed by atoms with Crippen LogP contribution in [0.15, 0.2) is 24.3 Å². The van der Waals surface area contributed by atoms with Gasteiger partial charge in [-0.15, -0.1) is 0 Å². The highest BCUT2D eigenvalue weighted by Crippen LogP contribution is 2.12. The van der Waals surface area contributed by atoms with Gasteiger partial charge in [-0.25, -0.2) is 4.31 Å². The fourth-order valence-electron chi connectivity index (χ4n) is 1.80. The van der Waals surface area contributed by atoms with E-state index in [9.17, 15) is 4.79 Å². The number of carbonyl (C=O) groups is 1.